The molecule has 0 fully saturated rings. The van der Waals surface area contributed by atoms with Gasteiger partial charge in [0.25, 0.3) is 0 Å². The van der Waals surface area contributed by atoms with E-state index in [4.69, 9.17) is 0 Å². The van der Waals surface area contributed by atoms with Crippen LogP contribution in [0.1, 0.15) is 57.7 Å². The number of likely N-dealkylation sites (N-methyl/N-ethyl adjacent to an activating group) is 1. The van der Waals surface area contributed by atoms with Crippen LogP contribution in [-0.4, -0.2) is 24.4 Å². The summed E-state index contributed by atoms with van der Waals surface area (Å²) in [7, 11) is 4.37. The SMILES string of the molecule is CCCc1ccc2c(c1)C(C)(C)/C(=C\C=C\C1=[N+](C)c3ccccc3C1(C)C)N2C. The summed E-state index contributed by atoms with van der Waals surface area (Å²) >= 11 is 0. The van der Waals surface area contributed by atoms with Gasteiger partial charge in [0.1, 0.15) is 7.05 Å². The predicted octanol–water partition coefficient (Wildman–Crippen LogP) is 6.51. The number of anilines is 1. The molecular weight excluding hydrogens is 364 g/mol. The van der Waals surface area contributed by atoms with E-state index in [-0.39, 0.29) is 10.8 Å². The summed E-state index contributed by atoms with van der Waals surface area (Å²) in [5.41, 5.74) is 9.61. The fourth-order valence-electron chi connectivity index (χ4n) is 5.36. The van der Waals surface area contributed by atoms with Gasteiger partial charge in [0.15, 0.2) is 5.71 Å². The van der Waals surface area contributed by atoms with Gasteiger partial charge in [-0.2, -0.15) is 4.58 Å². The molecule has 0 saturated carbocycles. The molecule has 0 spiro atoms. The van der Waals surface area contributed by atoms with Crippen molar-refractivity contribution in [3.63, 3.8) is 0 Å². The Morgan fingerprint density at radius 2 is 1.70 bits per heavy atom. The molecule has 0 atom stereocenters. The zero-order chi connectivity index (χ0) is 21.7. The van der Waals surface area contributed by atoms with Crippen molar-refractivity contribution in [2.45, 2.75) is 58.3 Å². The molecule has 2 heterocycles. The highest BCUT2D eigenvalue weighted by Crippen LogP contribution is 2.47. The third-order valence-electron chi connectivity index (χ3n) is 7.08. The fraction of sp³-hybridized carbons (Fsp3) is 0.393. The molecule has 0 amide bonds. The van der Waals surface area contributed by atoms with E-state index in [2.05, 4.69) is 119 Å². The number of hydrogen-bond acceptors (Lipinski definition) is 1. The molecular formula is C28H35N2+. The highest BCUT2D eigenvalue weighted by Gasteiger charge is 2.42. The molecule has 2 aromatic carbocycles. The summed E-state index contributed by atoms with van der Waals surface area (Å²) < 4.78 is 2.33. The standard InChI is InChI=1S/C28H35N2/c1-8-12-20-17-18-24-22(19-20)28(4,5)26(30(24)7)16-11-15-25-27(2,3)21-13-9-10-14-23(21)29(25)6/h9-11,13-19H,8,12H2,1-7H3/q+1. The van der Waals surface area contributed by atoms with Gasteiger partial charge in [0.2, 0.25) is 5.69 Å². The Balaban J connectivity index is 1.68. The Bertz CT molecular complexity index is 1080. The maximum Gasteiger partial charge on any atom is 0.209 e. The van der Waals surface area contributed by atoms with Crippen LogP contribution in [0.3, 0.4) is 0 Å². The summed E-state index contributed by atoms with van der Waals surface area (Å²) in [6, 6.07) is 15.7. The molecule has 0 N–H and O–H groups in total. The van der Waals surface area contributed by atoms with Crippen LogP contribution >= 0.6 is 0 Å². The molecule has 2 aromatic rings. The lowest BCUT2D eigenvalue weighted by Crippen LogP contribution is -2.26. The van der Waals surface area contributed by atoms with E-state index in [0.29, 0.717) is 0 Å². The van der Waals surface area contributed by atoms with Crippen LogP contribution in [0.5, 0.6) is 0 Å². The normalized spacial score (nSPS) is 20.4. The van der Waals surface area contributed by atoms with E-state index in [0.717, 1.165) is 6.42 Å². The molecule has 0 aliphatic carbocycles. The lowest BCUT2D eigenvalue weighted by atomic mass is 9.81. The molecule has 4 rings (SSSR count). The van der Waals surface area contributed by atoms with Crippen molar-refractivity contribution >= 4 is 17.1 Å². The zero-order valence-corrected chi connectivity index (χ0v) is 19.6. The number of fused-ring (bicyclic) bond motifs is 2. The second-order valence-electron chi connectivity index (χ2n) is 9.78. The van der Waals surface area contributed by atoms with Crippen LogP contribution in [0.15, 0.2) is 66.4 Å². The number of benzene rings is 2. The second kappa shape index (κ2) is 7.27. The first-order valence-electron chi connectivity index (χ1n) is 11.2. The summed E-state index contributed by atoms with van der Waals surface area (Å²) in [5.74, 6) is 0. The molecule has 2 nitrogen and oxygen atoms in total. The van der Waals surface area contributed by atoms with Crippen molar-refractivity contribution in [3.05, 3.63) is 83.1 Å². The van der Waals surface area contributed by atoms with Crippen molar-refractivity contribution in [1.29, 1.82) is 0 Å². The van der Waals surface area contributed by atoms with E-state index >= 15 is 0 Å². The maximum atomic E-state index is 2.42. The molecule has 0 bridgehead atoms. The molecule has 2 aliphatic rings. The molecule has 30 heavy (non-hydrogen) atoms. The van der Waals surface area contributed by atoms with Gasteiger partial charge in [-0.05, 0) is 43.5 Å². The third-order valence-corrected chi connectivity index (χ3v) is 7.08. The highest BCUT2D eigenvalue weighted by atomic mass is 15.2. The van der Waals surface area contributed by atoms with Gasteiger partial charge in [-0.1, -0.05) is 63.6 Å². The Hall–Kier alpha value is -2.61. The van der Waals surface area contributed by atoms with Gasteiger partial charge in [-0.15, -0.1) is 0 Å². The maximum absolute atomic E-state index is 2.42. The van der Waals surface area contributed by atoms with Crippen molar-refractivity contribution in [2.75, 3.05) is 19.0 Å². The molecule has 0 saturated heterocycles. The minimum Gasteiger partial charge on any atom is -0.347 e. The molecule has 0 unspecified atom stereocenters. The van der Waals surface area contributed by atoms with Crippen LogP contribution in [0.25, 0.3) is 0 Å². The first kappa shape index (κ1) is 20.7. The van der Waals surface area contributed by atoms with Crippen LogP contribution in [0, 0.1) is 0 Å². The minimum atomic E-state index is 0.00288. The van der Waals surface area contributed by atoms with Crippen molar-refractivity contribution in [1.82, 2.24) is 0 Å². The predicted molar refractivity (Wildman–Crippen MR) is 129 cm³/mol. The van der Waals surface area contributed by atoms with Crippen molar-refractivity contribution in [2.24, 2.45) is 0 Å². The molecule has 2 heteroatoms. The molecule has 156 valence electrons. The molecule has 2 aliphatic heterocycles. The first-order chi connectivity index (χ1) is 14.2. The zero-order valence-electron chi connectivity index (χ0n) is 19.6. The average Bonchev–Trinajstić information content (AvgIpc) is 3.02. The number of rotatable bonds is 4. The van der Waals surface area contributed by atoms with Crippen LogP contribution in [0.4, 0.5) is 11.4 Å². The Kier molecular flexibility index (Phi) is 5.00. The lowest BCUT2D eigenvalue weighted by molar-refractivity contribution is -0.401. The number of para-hydroxylation sites is 1. The quantitative estimate of drug-likeness (QED) is 0.531. The third kappa shape index (κ3) is 3.05. The second-order valence-corrected chi connectivity index (χ2v) is 9.78. The Labute approximate surface area is 182 Å². The number of nitrogens with zero attached hydrogens (tertiary/aromatic N) is 2. The van der Waals surface area contributed by atoms with Gasteiger partial charge in [-0.25, -0.2) is 0 Å². The summed E-state index contributed by atoms with van der Waals surface area (Å²) in [6.07, 6.45) is 9.17. The van der Waals surface area contributed by atoms with Gasteiger partial charge < -0.3 is 4.90 Å². The summed E-state index contributed by atoms with van der Waals surface area (Å²) in [4.78, 5) is 2.36. The van der Waals surface area contributed by atoms with Crippen LogP contribution in [-0.2, 0) is 17.3 Å². The number of hydrogen-bond donors (Lipinski definition) is 0. The van der Waals surface area contributed by atoms with E-state index < -0.39 is 0 Å². The fourth-order valence-corrected chi connectivity index (χ4v) is 5.36. The molecule has 0 radical (unpaired) electrons. The Morgan fingerprint density at radius 3 is 2.40 bits per heavy atom. The smallest absolute Gasteiger partial charge is 0.209 e. The van der Waals surface area contributed by atoms with E-state index in [1.165, 1.54) is 45.9 Å². The van der Waals surface area contributed by atoms with Crippen molar-refractivity contribution in [3.8, 4) is 0 Å². The summed E-state index contributed by atoms with van der Waals surface area (Å²) in [5, 5.41) is 0. The highest BCUT2D eigenvalue weighted by molar-refractivity contribution is 6.03. The van der Waals surface area contributed by atoms with Gasteiger partial charge in [-0.3, -0.25) is 0 Å². The van der Waals surface area contributed by atoms with E-state index in [1.54, 1.807) is 0 Å². The molecule has 0 aromatic heterocycles. The largest absolute Gasteiger partial charge is 0.347 e. The average molecular weight is 400 g/mol. The van der Waals surface area contributed by atoms with Gasteiger partial charge in [0, 0.05) is 41.6 Å². The number of aryl methyl sites for hydroxylation is 1. The van der Waals surface area contributed by atoms with Crippen LogP contribution < -0.4 is 4.90 Å². The van der Waals surface area contributed by atoms with E-state index in [9.17, 15) is 0 Å². The van der Waals surface area contributed by atoms with Crippen LogP contribution in [0.2, 0.25) is 0 Å². The van der Waals surface area contributed by atoms with Crippen molar-refractivity contribution < 1.29 is 4.58 Å². The minimum absolute atomic E-state index is 0.00288. The lowest BCUT2D eigenvalue weighted by Gasteiger charge is -2.23. The van der Waals surface area contributed by atoms with Gasteiger partial charge in [0.05, 0.1) is 5.41 Å². The topological polar surface area (TPSA) is 6.25 Å². The number of allylic oxidation sites excluding steroid dienone is 4. The van der Waals surface area contributed by atoms with Gasteiger partial charge >= 0.3 is 0 Å². The summed E-state index contributed by atoms with van der Waals surface area (Å²) in [6.45, 7) is 11.6. The van der Waals surface area contributed by atoms with E-state index in [1.807, 2.05) is 0 Å². The Morgan fingerprint density at radius 1 is 0.967 bits per heavy atom. The monoisotopic (exact) mass is 399 g/mol. The first-order valence-corrected chi connectivity index (χ1v) is 11.2.